The molecule has 0 radical (unpaired) electrons. The van der Waals surface area contributed by atoms with Gasteiger partial charge in [0.15, 0.2) is 5.76 Å². The molecule has 0 fully saturated rings. The Morgan fingerprint density at radius 2 is 2.11 bits per heavy atom. The largest absolute Gasteiger partial charge is 0.485 e. The van der Waals surface area contributed by atoms with Gasteiger partial charge in [-0.1, -0.05) is 12.1 Å². The standard InChI is InChI=1S/C14H14O4/c1-9-3-4-10(2)12(7-9)18-8-13-11(14(15)16)5-6-17-13/h3-7H,8H2,1-2H3,(H,15,16). The summed E-state index contributed by atoms with van der Waals surface area (Å²) >= 11 is 0. The van der Waals surface area contributed by atoms with Gasteiger partial charge in [-0.3, -0.25) is 0 Å². The van der Waals surface area contributed by atoms with E-state index >= 15 is 0 Å². The maximum Gasteiger partial charge on any atom is 0.339 e. The lowest BCUT2D eigenvalue weighted by Gasteiger charge is -2.09. The van der Waals surface area contributed by atoms with Crippen LogP contribution in [0.25, 0.3) is 0 Å². The minimum atomic E-state index is -1.01. The predicted molar refractivity (Wildman–Crippen MR) is 65.9 cm³/mol. The Bertz CT molecular complexity index is 569. The zero-order valence-electron chi connectivity index (χ0n) is 10.3. The van der Waals surface area contributed by atoms with Gasteiger partial charge in [0.05, 0.1) is 6.26 Å². The number of ether oxygens (including phenoxy) is 1. The first-order valence-electron chi connectivity index (χ1n) is 5.57. The molecule has 1 aromatic heterocycles. The number of hydrogen-bond donors (Lipinski definition) is 1. The molecule has 4 heteroatoms. The highest BCUT2D eigenvalue weighted by Gasteiger charge is 2.14. The Labute approximate surface area is 105 Å². The minimum absolute atomic E-state index is 0.110. The third-order valence-electron chi connectivity index (χ3n) is 2.68. The van der Waals surface area contributed by atoms with E-state index in [2.05, 4.69) is 0 Å². The molecule has 0 atom stereocenters. The lowest BCUT2D eigenvalue weighted by Crippen LogP contribution is -2.03. The van der Waals surface area contributed by atoms with Gasteiger partial charge >= 0.3 is 5.97 Å². The normalized spacial score (nSPS) is 10.3. The molecule has 1 aromatic carbocycles. The molecular formula is C14H14O4. The van der Waals surface area contributed by atoms with Crippen LogP contribution >= 0.6 is 0 Å². The molecule has 94 valence electrons. The van der Waals surface area contributed by atoms with Gasteiger partial charge in [-0.05, 0) is 37.1 Å². The van der Waals surface area contributed by atoms with Crippen LogP contribution in [0.2, 0.25) is 0 Å². The van der Waals surface area contributed by atoms with Crippen LogP contribution in [0.5, 0.6) is 5.75 Å². The zero-order chi connectivity index (χ0) is 13.1. The molecule has 1 N–H and O–H groups in total. The highest BCUT2D eigenvalue weighted by atomic mass is 16.5. The summed E-state index contributed by atoms with van der Waals surface area (Å²) in [5.74, 6) is 0.0504. The van der Waals surface area contributed by atoms with Crippen LogP contribution in [0, 0.1) is 13.8 Å². The second-order valence-corrected chi connectivity index (χ2v) is 4.12. The van der Waals surface area contributed by atoms with Crippen molar-refractivity contribution in [2.75, 3.05) is 0 Å². The Hall–Kier alpha value is -2.23. The number of furan rings is 1. The summed E-state index contributed by atoms with van der Waals surface area (Å²) in [5.41, 5.74) is 2.23. The van der Waals surface area contributed by atoms with E-state index in [9.17, 15) is 4.79 Å². The van der Waals surface area contributed by atoms with Crippen molar-refractivity contribution in [1.29, 1.82) is 0 Å². The Morgan fingerprint density at radius 3 is 2.83 bits per heavy atom. The number of carboxylic acids is 1. The van der Waals surface area contributed by atoms with Gasteiger partial charge in [-0.2, -0.15) is 0 Å². The number of hydrogen-bond acceptors (Lipinski definition) is 3. The first-order chi connectivity index (χ1) is 8.58. The molecule has 2 aromatic rings. The molecule has 0 spiro atoms. The Kier molecular flexibility index (Phi) is 3.37. The van der Waals surface area contributed by atoms with E-state index < -0.39 is 5.97 Å². The van der Waals surface area contributed by atoms with Gasteiger partial charge < -0.3 is 14.3 Å². The zero-order valence-corrected chi connectivity index (χ0v) is 10.3. The third-order valence-corrected chi connectivity index (χ3v) is 2.68. The van der Waals surface area contributed by atoms with Gasteiger partial charge in [0.1, 0.15) is 17.9 Å². The van der Waals surface area contributed by atoms with Crippen molar-refractivity contribution < 1.29 is 19.1 Å². The predicted octanol–water partition coefficient (Wildman–Crippen LogP) is 3.17. The molecule has 0 unspecified atom stereocenters. The van der Waals surface area contributed by atoms with E-state index in [-0.39, 0.29) is 12.2 Å². The van der Waals surface area contributed by atoms with Crippen LogP contribution in [0.15, 0.2) is 34.9 Å². The minimum Gasteiger partial charge on any atom is -0.485 e. The van der Waals surface area contributed by atoms with E-state index in [0.717, 1.165) is 16.9 Å². The van der Waals surface area contributed by atoms with Gasteiger partial charge in [0, 0.05) is 0 Å². The maximum atomic E-state index is 10.9. The van der Waals surface area contributed by atoms with Crippen LogP contribution in [0.3, 0.4) is 0 Å². The summed E-state index contributed by atoms with van der Waals surface area (Å²) in [5, 5.41) is 8.93. The topological polar surface area (TPSA) is 59.7 Å². The highest BCUT2D eigenvalue weighted by Crippen LogP contribution is 2.21. The van der Waals surface area contributed by atoms with E-state index in [1.54, 1.807) is 0 Å². The van der Waals surface area contributed by atoms with Gasteiger partial charge in [-0.25, -0.2) is 4.79 Å². The molecule has 2 rings (SSSR count). The van der Waals surface area contributed by atoms with Crippen molar-refractivity contribution in [3.05, 3.63) is 53.0 Å². The Morgan fingerprint density at radius 1 is 1.33 bits per heavy atom. The molecule has 0 aliphatic rings. The van der Waals surface area contributed by atoms with Crippen molar-refractivity contribution in [3.63, 3.8) is 0 Å². The number of benzene rings is 1. The summed E-state index contributed by atoms with van der Waals surface area (Å²) < 4.78 is 10.7. The molecule has 0 saturated heterocycles. The average Bonchev–Trinajstić information content (AvgIpc) is 2.79. The van der Waals surface area contributed by atoms with Crippen LogP contribution in [-0.4, -0.2) is 11.1 Å². The molecule has 0 aliphatic carbocycles. The first kappa shape index (κ1) is 12.2. The SMILES string of the molecule is Cc1ccc(C)c(OCc2occc2C(=O)O)c1. The van der Waals surface area contributed by atoms with Crippen molar-refractivity contribution in [1.82, 2.24) is 0 Å². The van der Waals surface area contributed by atoms with Crippen LogP contribution < -0.4 is 4.74 Å². The molecule has 0 bridgehead atoms. The fourth-order valence-corrected chi connectivity index (χ4v) is 1.65. The first-order valence-corrected chi connectivity index (χ1v) is 5.57. The quantitative estimate of drug-likeness (QED) is 0.900. The molecule has 4 nitrogen and oxygen atoms in total. The summed E-state index contributed by atoms with van der Waals surface area (Å²) in [7, 11) is 0. The third kappa shape index (κ3) is 2.53. The van der Waals surface area contributed by atoms with Crippen LogP contribution in [0.1, 0.15) is 27.2 Å². The summed E-state index contributed by atoms with van der Waals surface area (Å²) in [6, 6.07) is 7.30. The molecule has 0 amide bonds. The maximum absolute atomic E-state index is 10.9. The second-order valence-electron chi connectivity index (χ2n) is 4.12. The lowest BCUT2D eigenvalue weighted by atomic mass is 10.1. The second kappa shape index (κ2) is 4.96. The smallest absolute Gasteiger partial charge is 0.339 e. The summed E-state index contributed by atoms with van der Waals surface area (Å²) in [6.45, 7) is 4.02. The van der Waals surface area contributed by atoms with Gasteiger partial charge in [0.25, 0.3) is 0 Å². The van der Waals surface area contributed by atoms with E-state index in [1.807, 2.05) is 32.0 Å². The molecule has 0 aliphatic heterocycles. The van der Waals surface area contributed by atoms with Crippen molar-refractivity contribution in [3.8, 4) is 5.75 Å². The summed E-state index contributed by atoms with van der Waals surface area (Å²) in [6.07, 6.45) is 1.35. The number of aromatic carboxylic acids is 1. The van der Waals surface area contributed by atoms with Gasteiger partial charge in [0.2, 0.25) is 0 Å². The van der Waals surface area contributed by atoms with Crippen LogP contribution in [-0.2, 0) is 6.61 Å². The van der Waals surface area contributed by atoms with Crippen molar-refractivity contribution >= 4 is 5.97 Å². The number of carboxylic acid groups (broad SMARTS) is 1. The van der Waals surface area contributed by atoms with Crippen molar-refractivity contribution in [2.24, 2.45) is 0 Å². The van der Waals surface area contributed by atoms with E-state index in [1.165, 1.54) is 12.3 Å². The van der Waals surface area contributed by atoms with E-state index in [0.29, 0.717) is 5.76 Å². The molecule has 1 heterocycles. The fourth-order valence-electron chi connectivity index (χ4n) is 1.65. The molecule has 18 heavy (non-hydrogen) atoms. The monoisotopic (exact) mass is 246 g/mol. The number of aryl methyl sites for hydroxylation is 2. The lowest BCUT2D eigenvalue weighted by molar-refractivity contribution is 0.0692. The number of rotatable bonds is 4. The van der Waals surface area contributed by atoms with E-state index in [4.69, 9.17) is 14.3 Å². The average molecular weight is 246 g/mol. The molecular weight excluding hydrogens is 232 g/mol. The van der Waals surface area contributed by atoms with Crippen LogP contribution in [0.4, 0.5) is 0 Å². The van der Waals surface area contributed by atoms with Crippen molar-refractivity contribution in [2.45, 2.75) is 20.5 Å². The molecule has 0 saturated carbocycles. The highest BCUT2D eigenvalue weighted by molar-refractivity contribution is 5.88. The van der Waals surface area contributed by atoms with Gasteiger partial charge in [-0.15, -0.1) is 0 Å². The number of carbonyl (C=O) groups is 1. The summed E-state index contributed by atoms with van der Waals surface area (Å²) in [4.78, 5) is 10.9. The fraction of sp³-hybridized carbons (Fsp3) is 0.214. The Balaban J connectivity index is 2.14.